The molecule has 2 heterocycles. The molecule has 0 fully saturated rings. The fourth-order valence-corrected chi connectivity index (χ4v) is 3.62. The number of hydrogen-bond acceptors (Lipinski definition) is 5. The molecule has 0 radical (unpaired) electrons. The largest absolute Gasteiger partial charge is 0.330 e. The van der Waals surface area contributed by atoms with Crippen LogP contribution in [-0.2, 0) is 6.54 Å². The number of aryl methyl sites for hydroxylation is 1. The second-order valence-electron chi connectivity index (χ2n) is 7.36. The molecule has 168 valence electrons. The first-order valence-electron chi connectivity index (χ1n) is 10.1. The third-order valence-corrected chi connectivity index (χ3v) is 5.35. The highest BCUT2D eigenvalue weighted by molar-refractivity contribution is 6.31. The number of nitrogens with zero attached hydrogens (tertiary/aromatic N) is 4. The van der Waals surface area contributed by atoms with Gasteiger partial charge < -0.3 is 9.88 Å². The Morgan fingerprint density at radius 1 is 1.18 bits per heavy atom. The van der Waals surface area contributed by atoms with E-state index in [1.54, 1.807) is 38.1 Å². The Morgan fingerprint density at radius 2 is 1.94 bits per heavy atom. The van der Waals surface area contributed by atoms with E-state index in [2.05, 4.69) is 15.1 Å². The number of amides is 1. The summed E-state index contributed by atoms with van der Waals surface area (Å²) in [5.41, 5.74) is -0.440. The van der Waals surface area contributed by atoms with Crippen molar-refractivity contribution >= 4 is 28.4 Å². The molecule has 0 aliphatic heterocycles. The van der Waals surface area contributed by atoms with Gasteiger partial charge in [-0.3, -0.25) is 14.4 Å². The maximum atomic E-state index is 14.3. The van der Waals surface area contributed by atoms with E-state index in [1.807, 2.05) is 0 Å². The van der Waals surface area contributed by atoms with Crippen LogP contribution in [0.3, 0.4) is 0 Å². The Bertz CT molecular complexity index is 1500. The molecule has 1 amide bonds. The predicted octanol–water partition coefficient (Wildman–Crippen LogP) is 3.23. The molecular formula is C23H19ClFN5O3. The zero-order valence-corrected chi connectivity index (χ0v) is 18.6. The van der Waals surface area contributed by atoms with Crippen molar-refractivity contribution in [2.45, 2.75) is 20.4 Å². The molecule has 0 aliphatic carbocycles. The number of fused-ring (bicyclic) bond motifs is 1. The van der Waals surface area contributed by atoms with E-state index >= 15 is 0 Å². The van der Waals surface area contributed by atoms with E-state index in [-0.39, 0.29) is 35.9 Å². The Morgan fingerprint density at radius 3 is 2.67 bits per heavy atom. The Labute approximate surface area is 192 Å². The SMILES string of the molecule is CCN(Cc1nc2cc(Cl)ccc2c(=O)[nH]1)C(=O)c1nn(-c2ccccc2F)c(C)cc1=O. The van der Waals surface area contributed by atoms with Crippen molar-refractivity contribution in [3.05, 3.63) is 97.2 Å². The number of nitrogens with one attached hydrogen (secondary N) is 1. The van der Waals surface area contributed by atoms with Gasteiger partial charge in [0.2, 0.25) is 5.43 Å². The molecule has 2 aromatic carbocycles. The Balaban J connectivity index is 1.72. The molecule has 8 nitrogen and oxygen atoms in total. The van der Waals surface area contributed by atoms with Crippen LogP contribution in [0.25, 0.3) is 16.6 Å². The van der Waals surface area contributed by atoms with Crippen LogP contribution in [0.15, 0.2) is 58.1 Å². The number of H-pyrrole nitrogens is 1. The lowest BCUT2D eigenvalue weighted by Gasteiger charge is -2.20. The van der Waals surface area contributed by atoms with Crippen LogP contribution >= 0.6 is 11.6 Å². The van der Waals surface area contributed by atoms with Gasteiger partial charge in [0.15, 0.2) is 5.69 Å². The third kappa shape index (κ3) is 4.40. The average Bonchev–Trinajstić information content (AvgIpc) is 2.77. The van der Waals surface area contributed by atoms with Gasteiger partial charge in [0.05, 0.1) is 17.4 Å². The molecule has 0 saturated heterocycles. The molecule has 2 aromatic heterocycles. The minimum Gasteiger partial charge on any atom is -0.330 e. The quantitative estimate of drug-likeness (QED) is 0.485. The lowest BCUT2D eigenvalue weighted by molar-refractivity contribution is 0.0739. The third-order valence-electron chi connectivity index (χ3n) is 5.12. The van der Waals surface area contributed by atoms with Gasteiger partial charge in [0.25, 0.3) is 11.5 Å². The van der Waals surface area contributed by atoms with Crippen LogP contribution in [0.4, 0.5) is 4.39 Å². The van der Waals surface area contributed by atoms with Gasteiger partial charge >= 0.3 is 0 Å². The topological polar surface area (TPSA) is 101 Å². The highest BCUT2D eigenvalue weighted by Gasteiger charge is 2.22. The molecule has 4 aromatic rings. The molecule has 0 aliphatic rings. The van der Waals surface area contributed by atoms with Crippen molar-refractivity contribution in [2.75, 3.05) is 6.54 Å². The van der Waals surface area contributed by atoms with E-state index in [1.165, 1.54) is 33.8 Å². The molecule has 0 unspecified atom stereocenters. The van der Waals surface area contributed by atoms with Crippen LogP contribution in [0.2, 0.25) is 5.02 Å². The minimum atomic E-state index is -0.665. The van der Waals surface area contributed by atoms with Crippen molar-refractivity contribution in [1.29, 1.82) is 0 Å². The second-order valence-corrected chi connectivity index (χ2v) is 7.79. The van der Waals surface area contributed by atoms with Gasteiger partial charge in [-0.05, 0) is 44.2 Å². The van der Waals surface area contributed by atoms with Crippen molar-refractivity contribution < 1.29 is 9.18 Å². The van der Waals surface area contributed by atoms with E-state index in [4.69, 9.17) is 11.6 Å². The van der Waals surface area contributed by atoms with Crippen LogP contribution in [-0.4, -0.2) is 37.1 Å². The fraction of sp³-hybridized carbons (Fsp3) is 0.174. The van der Waals surface area contributed by atoms with Gasteiger partial charge in [-0.15, -0.1) is 0 Å². The molecule has 0 spiro atoms. The highest BCUT2D eigenvalue weighted by atomic mass is 35.5. The molecule has 0 saturated carbocycles. The zero-order valence-electron chi connectivity index (χ0n) is 17.8. The molecular weight excluding hydrogens is 449 g/mol. The number of aromatic nitrogens is 4. The number of hydrogen-bond donors (Lipinski definition) is 1. The maximum Gasteiger partial charge on any atom is 0.278 e. The van der Waals surface area contributed by atoms with Crippen molar-refractivity contribution in [3.63, 3.8) is 0 Å². The summed E-state index contributed by atoms with van der Waals surface area (Å²) < 4.78 is 15.5. The average molecular weight is 468 g/mol. The highest BCUT2D eigenvalue weighted by Crippen LogP contribution is 2.16. The van der Waals surface area contributed by atoms with E-state index in [0.29, 0.717) is 21.6 Å². The van der Waals surface area contributed by atoms with Crippen molar-refractivity contribution in [1.82, 2.24) is 24.6 Å². The molecule has 4 rings (SSSR count). The van der Waals surface area contributed by atoms with Crippen LogP contribution in [0, 0.1) is 12.7 Å². The van der Waals surface area contributed by atoms with Gasteiger partial charge in [-0.1, -0.05) is 23.7 Å². The summed E-state index contributed by atoms with van der Waals surface area (Å²) >= 11 is 6.00. The van der Waals surface area contributed by atoms with Gasteiger partial charge in [-0.25, -0.2) is 14.1 Å². The summed E-state index contributed by atoms with van der Waals surface area (Å²) in [7, 11) is 0. The summed E-state index contributed by atoms with van der Waals surface area (Å²) in [5, 5.41) is 4.95. The normalized spacial score (nSPS) is 11.0. The van der Waals surface area contributed by atoms with Crippen LogP contribution < -0.4 is 11.0 Å². The standard InChI is InChI=1S/C23H19ClFN5O3/c1-3-29(12-20-26-17-11-14(24)8-9-15(17)22(32)27-20)23(33)21-19(31)10-13(2)30(28-21)18-7-5-4-6-16(18)25/h4-11H,3,12H2,1-2H3,(H,26,27,32). The number of carbonyl (C=O) groups excluding carboxylic acids is 1. The smallest absolute Gasteiger partial charge is 0.278 e. The lowest BCUT2D eigenvalue weighted by atomic mass is 10.2. The summed E-state index contributed by atoms with van der Waals surface area (Å²) in [5.74, 6) is -0.980. The molecule has 1 N–H and O–H groups in total. The molecule has 10 heteroatoms. The van der Waals surface area contributed by atoms with Gasteiger partial charge in [0, 0.05) is 23.3 Å². The number of carbonyl (C=O) groups is 1. The van der Waals surface area contributed by atoms with Gasteiger partial charge in [-0.2, -0.15) is 5.10 Å². The lowest BCUT2D eigenvalue weighted by Crippen LogP contribution is -2.36. The van der Waals surface area contributed by atoms with E-state index in [9.17, 15) is 18.8 Å². The van der Waals surface area contributed by atoms with E-state index < -0.39 is 17.2 Å². The van der Waals surface area contributed by atoms with Crippen LogP contribution in [0.5, 0.6) is 0 Å². The zero-order chi connectivity index (χ0) is 23.7. The molecule has 0 atom stereocenters. The van der Waals surface area contributed by atoms with Crippen molar-refractivity contribution in [3.8, 4) is 5.69 Å². The summed E-state index contributed by atoms with van der Waals surface area (Å²) in [6, 6.07) is 11.9. The first-order valence-corrected chi connectivity index (χ1v) is 10.5. The predicted molar refractivity (Wildman–Crippen MR) is 122 cm³/mol. The number of benzene rings is 2. The van der Waals surface area contributed by atoms with Crippen LogP contribution in [0.1, 0.15) is 28.9 Å². The summed E-state index contributed by atoms with van der Waals surface area (Å²) in [4.78, 5) is 46.5. The molecule has 33 heavy (non-hydrogen) atoms. The number of rotatable bonds is 5. The first-order chi connectivity index (χ1) is 15.8. The first kappa shape index (κ1) is 22.3. The van der Waals surface area contributed by atoms with E-state index in [0.717, 1.165) is 0 Å². The molecule has 0 bridgehead atoms. The minimum absolute atomic E-state index is 0.0677. The van der Waals surface area contributed by atoms with Crippen molar-refractivity contribution in [2.24, 2.45) is 0 Å². The number of halogens is 2. The summed E-state index contributed by atoms with van der Waals surface area (Å²) in [6.45, 7) is 3.46. The Kier molecular flexibility index (Phi) is 6.06. The fourth-order valence-electron chi connectivity index (χ4n) is 3.46. The number of para-hydroxylation sites is 1. The monoisotopic (exact) mass is 467 g/mol. The Hall–Kier alpha value is -3.85. The number of aromatic amines is 1. The van der Waals surface area contributed by atoms with Gasteiger partial charge in [0.1, 0.15) is 17.3 Å². The maximum absolute atomic E-state index is 14.3. The second kappa shape index (κ2) is 8.95. The summed E-state index contributed by atoms with van der Waals surface area (Å²) in [6.07, 6.45) is 0.